The first-order valence-corrected chi connectivity index (χ1v) is 10.2. The van der Waals surface area contributed by atoms with Gasteiger partial charge in [0.15, 0.2) is 10.6 Å². The summed E-state index contributed by atoms with van der Waals surface area (Å²) in [6.45, 7) is 7.99. The van der Waals surface area contributed by atoms with Gasteiger partial charge in [-0.1, -0.05) is 13.8 Å². The van der Waals surface area contributed by atoms with Gasteiger partial charge in [-0.2, -0.15) is 5.10 Å². The molecule has 0 fully saturated rings. The molecule has 0 atom stereocenters. The molecule has 0 aliphatic rings. The zero-order valence-electron chi connectivity index (χ0n) is 16.6. The molecule has 4 aromatic heterocycles. The predicted molar refractivity (Wildman–Crippen MR) is 110 cm³/mol. The second-order valence-electron chi connectivity index (χ2n) is 7.39. The number of aromatic nitrogens is 5. The second kappa shape index (κ2) is 7.40. The van der Waals surface area contributed by atoms with Gasteiger partial charge in [0, 0.05) is 29.4 Å². The Morgan fingerprint density at radius 2 is 2.00 bits per heavy atom. The van der Waals surface area contributed by atoms with Gasteiger partial charge < -0.3 is 4.74 Å². The summed E-state index contributed by atoms with van der Waals surface area (Å²) in [7, 11) is 0. The summed E-state index contributed by atoms with van der Waals surface area (Å²) in [6.07, 6.45) is 3.31. The van der Waals surface area contributed by atoms with E-state index in [-0.39, 0.29) is 24.1 Å². The molecule has 0 N–H and O–H groups in total. The summed E-state index contributed by atoms with van der Waals surface area (Å²) in [5.41, 5.74) is 2.09. The molecule has 150 valence electrons. The van der Waals surface area contributed by atoms with Gasteiger partial charge in [-0.25, -0.2) is 19.4 Å². The monoisotopic (exact) mass is 411 g/mol. The van der Waals surface area contributed by atoms with Gasteiger partial charge in [0.25, 0.3) is 5.56 Å². The van der Waals surface area contributed by atoms with E-state index in [0.717, 1.165) is 5.69 Å². The Hall–Kier alpha value is -3.07. The first-order valence-electron chi connectivity index (χ1n) is 9.36. The molecule has 0 saturated carbocycles. The fourth-order valence-electron chi connectivity index (χ4n) is 3.06. The van der Waals surface area contributed by atoms with E-state index < -0.39 is 5.97 Å². The molecule has 0 unspecified atom stereocenters. The maximum absolute atomic E-state index is 12.9. The van der Waals surface area contributed by atoms with Crippen molar-refractivity contribution in [3.63, 3.8) is 0 Å². The van der Waals surface area contributed by atoms with Gasteiger partial charge in [-0.05, 0) is 25.8 Å². The van der Waals surface area contributed by atoms with E-state index in [1.165, 1.54) is 21.8 Å². The van der Waals surface area contributed by atoms with E-state index in [9.17, 15) is 9.59 Å². The number of fused-ring (bicyclic) bond motifs is 2. The van der Waals surface area contributed by atoms with Gasteiger partial charge in [-0.15, -0.1) is 11.3 Å². The summed E-state index contributed by atoms with van der Waals surface area (Å²) in [4.78, 5) is 34.6. The van der Waals surface area contributed by atoms with E-state index in [4.69, 9.17) is 9.72 Å². The van der Waals surface area contributed by atoms with Crippen molar-refractivity contribution < 1.29 is 9.53 Å². The molecule has 0 bridgehead atoms. The van der Waals surface area contributed by atoms with E-state index in [2.05, 4.69) is 10.1 Å². The molecule has 0 aromatic carbocycles. The van der Waals surface area contributed by atoms with Crippen LogP contribution in [0.5, 0.6) is 0 Å². The molecule has 0 saturated heterocycles. The number of carbonyl (C=O) groups excluding carboxylic acids is 1. The summed E-state index contributed by atoms with van der Waals surface area (Å²) in [5, 5.41) is 6.82. The minimum Gasteiger partial charge on any atom is -0.456 e. The number of nitrogens with zero attached hydrogens (tertiary/aromatic N) is 5. The fourth-order valence-corrected chi connectivity index (χ4v) is 3.80. The first-order chi connectivity index (χ1) is 13.8. The van der Waals surface area contributed by atoms with Crippen LogP contribution in [0.4, 0.5) is 0 Å². The van der Waals surface area contributed by atoms with E-state index in [1.807, 2.05) is 27.7 Å². The normalized spacial score (nSPS) is 11.8. The number of carbonyl (C=O) groups is 1. The van der Waals surface area contributed by atoms with Crippen molar-refractivity contribution in [1.29, 1.82) is 0 Å². The van der Waals surface area contributed by atoms with E-state index >= 15 is 0 Å². The first kappa shape index (κ1) is 19.3. The highest BCUT2D eigenvalue weighted by Crippen LogP contribution is 2.25. The third-order valence-corrected chi connectivity index (χ3v) is 5.35. The van der Waals surface area contributed by atoms with Crippen LogP contribution >= 0.6 is 11.3 Å². The summed E-state index contributed by atoms with van der Waals surface area (Å²) < 4.78 is 8.75. The number of ether oxygens (including phenoxy) is 1. The van der Waals surface area contributed by atoms with E-state index in [0.29, 0.717) is 27.3 Å². The van der Waals surface area contributed by atoms with Crippen molar-refractivity contribution in [3.05, 3.63) is 57.2 Å². The van der Waals surface area contributed by atoms with Crippen molar-refractivity contribution in [2.45, 2.75) is 46.3 Å². The zero-order chi connectivity index (χ0) is 20.7. The van der Waals surface area contributed by atoms with Gasteiger partial charge in [0.05, 0.1) is 22.8 Å². The molecular weight excluding hydrogens is 390 g/mol. The Morgan fingerprint density at radius 1 is 1.21 bits per heavy atom. The standard InChI is InChI=1S/C20H21N5O3S/c1-11(2)16-8-14(15-9-21-25(12(3)4)18(15)23-16)19(27)28-10-13-7-17(26)24-5-6-29-20(24)22-13/h5-9,11-12H,10H2,1-4H3. The smallest absolute Gasteiger partial charge is 0.339 e. The molecule has 29 heavy (non-hydrogen) atoms. The summed E-state index contributed by atoms with van der Waals surface area (Å²) >= 11 is 1.35. The highest BCUT2D eigenvalue weighted by molar-refractivity contribution is 7.15. The van der Waals surface area contributed by atoms with Crippen LogP contribution in [0.1, 0.15) is 61.4 Å². The average Bonchev–Trinajstić information content (AvgIpc) is 3.32. The molecule has 4 heterocycles. The lowest BCUT2D eigenvalue weighted by molar-refractivity contribution is 0.0470. The van der Waals surface area contributed by atoms with Crippen LogP contribution in [0.2, 0.25) is 0 Å². The molecule has 9 heteroatoms. The van der Waals surface area contributed by atoms with Crippen molar-refractivity contribution in [2.24, 2.45) is 0 Å². The third-order valence-electron chi connectivity index (χ3n) is 4.59. The Morgan fingerprint density at radius 3 is 2.72 bits per heavy atom. The van der Waals surface area contributed by atoms with Crippen LogP contribution in [-0.4, -0.2) is 30.1 Å². The van der Waals surface area contributed by atoms with Crippen LogP contribution in [0.3, 0.4) is 0 Å². The van der Waals surface area contributed by atoms with Gasteiger partial charge in [0.1, 0.15) is 6.61 Å². The molecule has 4 aromatic rings. The maximum Gasteiger partial charge on any atom is 0.339 e. The molecule has 0 amide bonds. The minimum absolute atomic E-state index is 0.0817. The largest absolute Gasteiger partial charge is 0.456 e. The molecule has 4 rings (SSSR count). The summed E-state index contributed by atoms with van der Waals surface area (Å²) in [6, 6.07) is 3.25. The molecule has 8 nitrogen and oxygen atoms in total. The maximum atomic E-state index is 12.9. The zero-order valence-corrected chi connectivity index (χ0v) is 17.4. The van der Waals surface area contributed by atoms with Crippen molar-refractivity contribution in [2.75, 3.05) is 0 Å². The highest BCUT2D eigenvalue weighted by Gasteiger charge is 2.20. The third kappa shape index (κ3) is 3.53. The molecule has 0 aliphatic heterocycles. The molecule has 0 spiro atoms. The van der Waals surface area contributed by atoms with Crippen molar-refractivity contribution in [3.8, 4) is 0 Å². The van der Waals surface area contributed by atoms with Gasteiger partial charge in [-0.3, -0.25) is 9.20 Å². The summed E-state index contributed by atoms with van der Waals surface area (Å²) in [5.74, 6) is -0.347. The Labute approximate surface area is 170 Å². The van der Waals surface area contributed by atoms with Crippen LogP contribution in [-0.2, 0) is 11.3 Å². The Bertz CT molecular complexity index is 1270. The lowest BCUT2D eigenvalue weighted by atomic mass is 10.1. The number of pyridine rings is 1. The van der Waals surface area contributed by atoms with Crippen molar-refractivity contribution >= 4 is 33.3 Å². The number of esters is 1. The fraction of sp³-hybridized carbons (Fsp3) is 0.350. The van der Waals surface area contributed by atoms with Crippen molar-refractivity contribution in [1.82, 2.24) is 24.1 Å². The van der Waals surface area contributed by atoms with Crippen LogP contribution < -0.4 is 5.56 Å². The second-order valence-corrected chi connectivity index (χ2v) is 8.26. The topological polar surface area (TPSA) is 91.4 Å². The quantitative estimate of drug-likeness (QED) is 0.466. The average molecular weight is 411 g/mol. The number of rotatable bonds is 5. The highest BCUT2D eigenvalue weighted by atomic mass is 32.1. The number of hydrogen-bond acceptors (Lipinski definition) is 7. The van der Waals surface area contributed by atoms with Crippen LogP contribution in [0.15, 0.2) is 34.7 Å². The van der Waals surface area contributed by atoms with Gasteiger partial charge >= 0.3 is 5.97 Å². The molecule has 0 radical (unpaired) electrons. The number of hydrogen-bond donors (Lipinski definition) is 0. The lowest BCUT2D eigenvalue weighted by Gasteiger charge is -2.12. The minimum atomic E-state index is -0.490. The predicted octanol–water partition coefficient (Wildman–Crippen LogP) is 3.56. The number of thiazole rings is 1. The molecular formula is C20H21N5O3S. The Balaban J connectivity index is 1.67. The van der Waals surface area contributed by atoms with Crippen LogP contribution in [0.25, 0.3) is 16.0 Å². The SMILES string of the molecule is CC(C)c1cc(C(=O)OCc2cc(=O)n3ccsc3n2)c2cnn(C(C)C)c2n1. The van der Waals surface area contributed by atoms with Gasteiger partial charge in [0.2, 0.25) is 0 Å². The molecule has 0 aliphatic carbocycles. The Kier molecular flexibility index (Phi) is 4.91. The van der Waals surface area contributed by atoms with Crippen LogP contribution in [0, 0.1) is 0 Å². The lowest BCUT2D eigenvalue weighted by Crippen LogP contribution is -2.15. The van der Waals surface area contributed by atoms with E-state index in [1.54, 1.807) is 28.5 Å².